The Balaban J connectivity index is 1.99. The van der Waals surface area contributed by atoms with Crippen LogP contribution in [0.15, 0.2) is 30.6 Å². The van der Waals surface area contributed by atoms with Crippen molar-refractivity contribution in [3.05, 3.63) is 42.2 Å². The van der Waals surface area contributed by atoms with Gasteiger partial charge in [-0.05, 0) is 25.1 Å². The first kappa shape index (κ1) is 10.6. The Morgan fingerprint density at radius 3 is 2.94 bits per heavy atom. The molecule has 2 rings (SSSR count). The average Bonchev–Trinajstić information content (AvgIpc) is 2.76. The van der Waals surface area contributed by atoms with Crippen LogP contribution < -0.4 is 5.32 Å². The lowest BCUT2D eigenvalue weighted by Gasteiger charge is -2.07. The fourth-order valence-corrected chi connectivity index (χ4v) is 1.47. The van der Waals surface area contributed by atoms with Gasteiger partial charge in [0, 0.05) is 12.7 Å². The van der Waals surface area contributed by atoms with Gasteiger partial charge in [0.2, 0.25) is 5.95 Å². The molecule has 2 heterocycles. The Morgan fingerprint density at radius 2 is 2.25 bits per heavy atom. The molecule has 0 aliphatic heterocycles. The van der Waals surface area contributed by atoms with E-state index in [0.29, 0.717) is 6.54 Å². The summed E-state index contributed by atoms with van der Waals surface area (Å²) in [7, 11) is 0. The maximum absolute atomic E-state index is 12.6. The Morgan fingerprint density at radius 1 is 1.38 bits per heavy atom. The summed E-state index contributed by atoms with van der Waals surface area (Å²) in [5, 5.41) is 7.32. The summed E-state index contributed by atoms with van der Waals surface area (Å²) in [6.45, 7) is 3.53. The van der Waals surface area contributed by atoms with Gasteiger partial charge in [-0.1, -0.05) is 0 Å². The zero-order valence-corrected chi connectivity index (χ0v) is 9.02. The van der Waals surface area contributed by atoms with Gasteiger partial charge in [-0.15, -0.1) is 0 Å². The molecule has 0 atom stereocenters. The molecule has 0 spiro atoms. The second kappa shape index (κ2) is 4.74. The third-order valence-corrected chi connectivity index (χ3v) is 2.31. The molecule has 0 aliphatic rings. The minimum absolute atomic E-state index is 0.468. The van der Waals surface area contributed by atoms with Gasteiger partial charge < -0.3 is 5.32 Å². The third kappa shape index (κ3) is 2.36. The van der Waals surface area contributed by atoms with Crippen molar-refractivity contribution in [2.24, 2.45) is 0 Å². The third-order valence-electron chi connectivity index (χ3n) is 2.31. The predicted octanol–water partition coefficient (Wildman–Crippen LogP) is 2.05. The van der Waals surface area contributed by atoms with E-state index in [9.17, 15) is 4.39 Å². The average molecular weight is 220 g/mol. The molecule has 84 valence electrons. The van der Waals surface area contributed by atoms with Crippen LogP contribution in [0.1, 0.15) is 12.6 Å². The molecule has 0 bridgehead atoms. The van der Waals surface area contributed by atoms with E-state index in [2.05, 4.69) is 15.4 Å². The van der Waals surface area contributed by atoms with Gasteiger partial charge >= 0.3 is 0 Å². The highest BCUT2D eigenvalue weighted by Gasteiger charge is 2.00. The van der Waals surface area contributed by atoms with Crippen LogP contribution >= 0.6 is 0 Å². The van der Waals surface area contributed by atoms with Crippen LogP contribution in [0.5, 0.6) is 0 Å². The molecule has 2 aromatic rings. The number of rotatable bonds is 4. The summed E-state index contributed by atoms with van der Waals surface area (Å²) < 4.78 is 14.5. The monoisotopic (exact) mass is 220 g/mol. The summed E-state index contributed by atoms with van der Waals surface area (Å²) in [4.78, 5) is 3.57. The van der Waals surface area contributed by atoms with Gasteiger partial charge in [-0.3, -0.25) is 4.68 Å². The van der Waals surface area contributed by atoms with Crippen molar-refractivity contribution in [3.8, 4) is 0 Å². The first-order chi connectivity index (χ1) is 7.79. The van der Waals surface area contributed by atoms with E-state index in [1.54, 1.807) is 12.3 Å². The van der Waals surface area contributed by atoms with Crippen molar-refractivity contribution in [3.63, 3.8) is 0 Å². The van der Waals surface area contributed by atoms with Crippen molar-refractivity contribution < 1.29 is 4.39 Å². The Kier molecular flexibility index (Phi) is 3.14. The molecular weight excluding hydrogens is 207 g/mol. The number of hydrogen-bond donors (Lipinski definition) is 1. The fourth-order valence-electron chi connectivity index (χ4n) is 1.47. The van der Waals surface area contributed by atoms with Crippen molar-refractivity contribution in [1.29, 1.82) is 0 Å². The number of nitrogens with zero attached hydrogens (tertiary/aromatic N) is 3. The van der Waals surface area contributed by atoms with Crippen LogP contribution in [0.25, 0.3) is 0 Å². The normalized spacial score (nSPS) is 10.4. The van der Waals surface area contributed by atoms with E-state index in [4.69, 9.17) is 0 Å². The van der Waals surface area contributed by atoms with Gasteiger partial charge in [0.15, 0.2) is 0 Å². The zero-order valence-electron chi connectivity index (χ0n) is 9.02. The van der Waals surface area contributed by atoms with Crippen LogP contribution in [0, 0.1) is 5.95 Å². The summed E-state index contributed by atoms with van der Waals surface area (Å²) in [6.07, 6.45) is 3.24. The molecule has 0 saturated heterocycles. The largest absolute Gasteiger partial charge is 0.378 e. The lowest BCUT2D eigenvalue weighted by atomic mass is 10.3. The molecular formula is C11H13FN4. The molecule has 0 unspecified atom stereocenters. The predicted molar refractivity (Wildman–Crippen MR) is 59.4 cm³/mol. The SMILES string of the molecule is CCn1nccc1CNc1ccc(F)nc1. The van der Waals surface area contributed by atoms with E-state index >= 15 is 0 Å². The molecule has 0 radical (unpaired) electrons. The minimum Gasteiger partial charge on any atom is -0.378 e. The Bertz CT molecular complexity index is 449. The number of anilines is 1. The number of pyridine rings is 1. The Labute approximate surface area is 93.1 Å². The summed E-state index contributed by atoms with van der Waals surface area (Å²) in [5.41, 5.74) is 1.89. The second-order valence-electron chi connectivity index (χ2n) is 3.36. The molecule has 0 fully saturated rings. The highest BCUT2D eigenvalue weighted by Crippen LogP contribution is 2.08. The van der Waals surface area contributed by atoms with E-state index in [1.807, 2.05) is 17.7 Å². The maximum Gasteiger partial charge on any atom is 0.212 e. The molecule has 16 heavy (non-hydrogen) atoms. The number of nitrogens with one attached hydrogen (secondary N) is 1. The van der Waals surface area contributed by atoms with Crippen LogP contribution in [0.3, 0.4) is 0 Å². The number of halogens is 1. The van der Waals surface area contributed by atoms with Crippen LogP contribution in [-0.4, -0.2) is 14.8 Å². The molecule has 4 nitrogen and oxygen atoms in total. The number of aryl methyl sites for hydroxylation is 1. The summed E-state index contributed by atoms with van der Waals surface area (Å²) in [5.74, 6) is -0.468. The van der Waals surface area contributed by atoms with Gasteiger partial charge in [0.05, 0.1) is 24.1 Å². The van der Waals surface area contributed by atoms with E-state index in [0.717, 1.165) is 17.9 Å². The van der Waals surface area contributed by atoms with Gasteiger partial charge in [-0.2, -0.15) is 9.49 Å². The van der Waals surface area contributed by atoms with E-state index < -0.39 is 5.95 Å². The number of hydrogen-bond acceptors (Lipinski definition) is 3. The molecule has 1 N–H and O–H groups in total. The van der Waals surface area contributed by atoms with Crippen molar-refractivity contribution in [1.82, 2.24) is 14.8 Å². The van der Waals surface area contributed by atoms with Crippen molar-refractivity contribution in [2.75, 3.05) is 5.32 Å². The Hall–Kier alpha value is -1.91. The number of aromatic nitrogens is 3. The van der Waals surface area contributed by atoms with E-state index in [1.165, 1.54) is 12.3 Å². The lowest BCUT2D eigenvalue weighted by Crippen LogP contribution is -2.07. The topological polar surface area (TPSA) is 42.7 Å². The zero-order chi connectivity index (χ0) is 11.4. The second-order valence-corrected chi connectivity index (χ2v) is 3.36. The van der Waals surface area contributed by atoms with Crippen molar-refractivity contribution >= 4 is 5.69 Å². The first-order valence-electron chi connectivity index (χ1n) is 5.15. The molecule has 0 amide bonds. The quantitative estimate of drug-likeness (QED) is 0.802. The smallest absolute Gasteiger partial charge is 0.212 e. The van der Waals surface area contributed by atoms with Crippen LogP contribution in [0.2, 0.25) is 0 Å². The molecule has 0 saturated carbocycles. The van der Waals surface area contributed by atoms with Crippen LogP contribution in [0.4, 0.5) is 10.1 Å². The minimum atomic E-state index is -0.468. The standard InChI is InChI=1S/C11H13FN4/c1-2-16-10(5-6-15-16)8-13-9-3-4-11(12)14-7-9/h3-7,13H,2,8H2,1H3. The molecule has 0 aliphatic carbocycles. The van der Waals surface area contributed by atoms with Gasteiger partial charge in [0.1, 0.15) is 0 Å². The molecule has 5 heteroatoms. The van der Waals surface area contributed by atoms with Gasteiger partial charge in [-0.25, -0.2) is 4.98 Å². The molecule has 0 aromatic carbocycles. The fraction of sp³-hybridized carbons (Fsp3) is 0.273. The summed E-state index contributed by atoms with van der Waals surface area (Å²) >= 11 is 0. The molecule has 2 aromatic heterocycles. The first-order valence-corrected chi connectivity index (χ1v) is 5.15. The maximum atomic E-state index is 12.6. The van der Waals surface area contributed by atoms with Crippen molar-refractivity contribution in [2.45, 2.75) is 20.0 Å². The highest BCUT2D eigenvalue weighted by atomic mass is 19.1. The van der Waals surface area contributed by atoms with E-state index in [-0.39, 0.29) is 0 Å². The van der Waals surface area contributed by atoms with Crippen LogP contribution in [-0.2, 0) is 13.1 Å². The lowest BCUT2D eigenvalue weighted by molar-refractivity contribution is 0.584. The highest BCUT2D eigenvalue weighted by molar-refractivity contribution is 5.40. The van der Waals surface area contributed by atoms with Gasteiger partial charge in [0.25, 0.3) is 0 Å². The summed E-state index contributed by atoms with van der Waals surface area (Å²) in [6, 6.07) is 4.95.